The van der Waals surface area contributed by atoms with Crippen LogP contribution in [0.15, 0.2) is 53.1 Å². The SMILES string of the molecule is COc1ccc(Cl)cc1-c1noc([C@@H]2C[C@H]2c2ccccc2)n1.NS(=O)[O-]. The Kier molecular flexibility index (Phi) is 6.22. The van der Waals surface area contributed by atoms with Crippen molar-refractivity contribution in [1.82, 2.24) is 10.1 Å². The number of hydrogen-bond acceptors (Lipinski definition) is 6. The Hall–Kier alpha value is -2.26. The van der Waals surface area contributed by atoms with Gasteiger partial charge in [0.15, 0.2) is 0 Å². The highest BCUT2D eigenvalue weighted by molar-refractivity contribution is 7.76. The van der Waals surface area contributed by atoms with Gasteiger partial charge in [-0.1, -0.05) is 47.1 Å². The topological polar surface area (TPSA) is 114 Å². The van der Waals surface area contributed by atoms with Crippen LogP contribution in [0.4, 0.5) is 0 Å². The van der Waals surface area contributed by atoms with Crippen molar-refractivity contribution in [3.05, 3.63) is 65.0 Å². The van der Waals surface area contributed by atoms with Crippen molar-refractivity contribution in [2.45, 2.75) is 18.3 Å². The Morgan fingerprint density at radius 3 is 2.63 bits per heavy atom. The molecule has 0 aliphatic heterocycles. The maximum Gasteiger partial charge on any atom is 0.230 e. The second-order valence-electron chi connectivity index (χ2n) is 5.92. The average Bonchev–Trinajstić information content (AvgIpc) is 3.30. The van der Waals surface area contributed by atoms with Gasteiger partial charge < -0.3 is 13.8 Å². The maximum absolute atomic E-state index is 8.78. The summed E-state index contributed by atoms with van der Waals surface area (Å²) in [6.45, 7) is 0. The number of hydrogen-bond donors (Lipinski definition) is 1. The first kappa shape index (κ1) is 19.5. The van der Waals surface area contributed by atoms with Crippen LogP contribution in [0.2, 0.25) is 5.02 Å². The predicted octanol–water partition coefficient (Wildman–Crippen LogP) is 3.41. The van der Waals surface area contributed by atoms with E-state index < -0.39 is 11.3 Å². The predicted molar refractivity (Wildman–Crippen MR) is 101 cm³/mol. The summed E-state index contributed by atoms with van der Waals surface area (Å²) in [4.78, 5) is 4.55. The molecule has 1 aromatic heterocycles. The van der Waals surface area contributed by atoms with Crippen molar-refractivity contribution < 1.29 is 18.0 Å². The fraction of sp³-hybridized carbons (Fsp3) is 0.222. The van der Waals surface area contributed by atoms with Crippen LogP contribution >= 0.6 is 11.6 Å². The zero-order valence-electron chi connectivity index (χ0n) is 14.4. The van der Waals surface area contributed by atoms with E-state index in [4.69, 9.17) is 29.6 Å². The van der Waals surface area contributed by atoms with E-state index in [0.29, 0.717) is 34.3 Å². The molecule has 9 heteroatoms. The molecule has 0 radical (unpaired) electrons. The summed E-state index contributed by atoms with van der Waals surface area (Å²) in [6, 6.07) is 15.8. The van der Waals surface area contributed by atoms with Crippen LogP contribution in [0, 0.1) is 0 Å². The molecule has 0 amide bonds. The molecule has 1 unspecified atom stereocenters. The molecule has 2 aromatic carbocycles. The Balaban J connectivity index is 0.000000481. The molecule has 0 saturated heterocycles. The highest BCUT2D eigenvalue weighted by Crippen LogP contribution is 2.54. The molecule has 1 saturated carbocycles. The van der Waals surface area contributed by atoms with E-state index in [2.05, 4.69) is 39.5 Å². The van der Waals surface area contributed by atoms with Crippen LogP contribution in [-0.4, -0.2) is 26.0 Å². The monoisotopic (exact) mass is 406 g/mol. The summed E-state index contributed by atoms with van der Waals surface area (Å²) in [5.41, 5.74) is 2.06. The van der Waals surface area contributed by atoms with Crippen molar-refractivity contribution >= 4 is 22.9 Å². The second kappa shape index (κ2) is 8.62. The lowest BCUT2D eigenvalue weighted by molar-refractivity contribution is 0.378. The molecular weight excluding hydrogens is 390 g/mol. The van der Waals surface area contributed by atoms with Gasteiger partial charge in [0, 0.05) is 22.2 Å². The van der Waals surface area contributed by atoms with Crippen molar-refractivity contribution in [2.75, 3.05) is 7.11 Å². The smallest absolute Gasteiger partial charge is 0.230 e. The molecule has 0 bridgehead atoms. The number of nitrogens with two attached hydrogens (primary N) is 1. The number of nitrogens with zero attached hydrogens (tertiary/aromatic N) is 2. The first-order valence-corrected chi connectivity index (χ1v) is 9.57. The Bertz CT molecular complexity index is 931. The third-order valence-electron chi connectivity index (χ3n) is 4.18. The average molecular weight is 407 g/mol. The fourth-order valence-electron chi connectivity index (χ4n) is 2.89. The quantitative estimate of drug-likeness (QED) is 0.664. The molecule has 27 heavy (non-hydrogen) atoms. The molecule has 0 spiro atoms. The third-order valence-corrected chi connectivity index (χ3v) is 4.41. The lowest BCUT2D eigenvalue weighted by atomic mass is 10.1. The van der Waals surface area contributed by atoms with E-state index in [1.165, 1.54) is 5.56 Å². The van der Waals surface area contributed by atoms with Crippen molar-refractivity contribution in [2.24, 2.45) is 5.14 Å². The molecule has 1 aliphatic rings. The van der Waals surface area contributed by atoms with Crippen LogP contribution in [0.5, 0.6) is 5.75 Å². The van der Waals surface area contributed by atoms with E-state index >= 15 is 0 Å². The van der Waals surface area contributed by atoms with Crippen LogP contribution in [0.25, 0.3) is 11.4 Å². The minimum Gasteiger partial charge on any atom is -0.760 e. The zero-order chi connectivity index (χ0) is 19.4. The molecule has 1 aliphatic carbocycles. The fourth-order valence-corrected chi connectivity index (χ4v) is 3.06. The van der Waals surface area contributed by atoms with Gasteiger partial charge in [0.25, 0.3) is 0 Å². The minimum atomic E-state index is -2.36. The van der Waals surface area contributed by atoms with Gasteiger partial charge in [-0.25, -0.2) is 0 Å². The Labute approximate surface area is 163 Å². The molecule has 1 heterocycles. The van der Waals surface area contributed by atoms with E-state index in [0.717, 1.165) is 12.0 Å². The summed E-state index contributed by atoms with van der Waals surface area (Å²) in [5, 5.41) is 8.74. The summed E-state index contributed by atoms with van der Waals surface area (Å²) in [5.74, 6) is 2.63. The molecule has 3 aromatic rings. The number of ether oxygens (including phenoxy) is 1. The molecule has 1 fully saturated rings. The first-order valence-electron chi connectivity index (χ1n) is 8.05. The normalized spacial score (nSPS) is 19.0. The molecule has 4 rings (SSSR count). The molecule has 142 valence electrons. The van der Waals surface area contributed by atoms with Gasteiger partial charge in [-0.05, 0) is 36.1 Å². The summed E-state index contributed by atoms with van der Waals surface area (Å²) in [7, 11) is 1.61. The largest absolute Gasteiger partial charge is 0.760 e. The van der Waals surface area contributed by atoms with E-state index in [1.807, 2.05) is 6.07 Å². The number of halogens is 1. The van der Waals surface area contributed by atoms with Crippen LogP contribution in [0.1, 0.15) is 29.7 Å². The summed E-state index contributed by atoms with van der Waals surface area (Å²) in [6.07, 6.45) is 1.04. The van der Waals surface area contributed by atoms with Gasteiger partial charge >= 0.3 is 0 Å². The lowest BCUT2D eigenvalue weighted by Crippen LogP contribution is -1.97. The second-order valence-corrected chi connectivity index (χ2v) is 6.88. The standard InChI is InChI=1S/C18H15ClN2O2.H3NO2S/c1-22-16-8-7-12(19)9-15(16)17-20-18(23-21-17)14-10-13(14)11-5-3-2-4-6-11;1-4(2)3/h2-9,13-14H,10H2,1H3;1H2,(H,2,3)/p-1/t13-,14+;/m0./s1. The lowest BCUT2D eigenvalue weighted by Gasteiger charge is -2.04. The van der Waals surface area contributed by atoms with Gasteiger partial charge in [0.1, 0.15) is 5.75 Å². The van der Waals surface area contributed by atoms with Crippen molar-refractivity contribution in [3.63, 3.8) is 0 Å². The van der Waals surface area contributed by atoms with E-state index in [-0.39, 0.29) is 0 Å². The minimum absolute atomic E-state index is 0.295. The highest BCUT2D eigenvalue weighted by Gasteiger charge is 2.43. The summed E-state index contributed by atoms with van der Waals surface area (Å²) < 4.78 is 28.4. The number of methoxy groups -OCH3 is 1. The van der Waals surface area contributed by atoms with Crippen molar-refractivity contribution in [1.29, 1.82) is 0 Å². The van der Waals surface area contributed by atoms with Gasteiger partial charge in [0.2, 0.25) is 11.7 Å². The van der Waals surface area contributed by atoms with Crippen LogP contribution in [-0.2, 0) is 11.3 Å². The van der Waals surface area contributed by atoms with E-state index in [9.17, 15) is 0 Å². The zero-order valence-corrected chi connectivity index (χ0v) is 15.9. The molecule has 3 atom stereocenters. The van der Waals surface area contributed by atoms with Crippen LogP contribution in [0.3, 0.4) is 0 Å². The summed E-state index contributed by atoms with van der Waals surface area (Å²) >= 11 is 3.71. The van der Waals surface area contributed by atoms with Gasteiger partial charge in [-0.2, -0.15) is 4.98 Å². The number of aromatic nitrogens is 2. The number of benzene rings is 2. The van der Waals surface area contributed by atoms with Gasteiger partial charge in [-0.3, -0.25) is 9.35 Å². The van der Waals surface area contributed by atoms with Crippen molar-refractivity contribution in [3.8, 4) is 17.1 Å². The maximum atomic E-state index is 8.78. The first-order chi connectivity index (χ1) is 13.0. The molecule has 2 N–H and O–H groups in total. The Morgan fingerprint density at radius 1 is 1.26 bits per heavy atom. The van der Waals surface area contributed by atoms with Gasteiger partial charge in [-0.15, -0.1) is 0 Å². The Morgan fingerprint density at radius 2 is 1.96 bits per heavy atom. The van der Waals surface area contributed by atoms with E-state index in [1.54, 1.807) is 25.3 Å². The third kappa shape index (κ3) is 4.92. The molecule has 7 nitrogen and oxygen atoms in total. The highest BCUT2D eigenvalue weighted by atomic mass is 35.5. The van der Waals surface area contributed by atoms with Crippen LogP contribution < -0.4 is 9.88 Å². The number of rotatable bonds is 4. The van der Waals surface area contributed by atoms with Gasteiger partial charge in [0.05, 0.1) is 12.7 Å². The molecular formula is C18H17ClN3O4S-.